The van der Waals surface area contributed by atoms with Crippen molar-refractivity contribution in [2.24, 2.45) is 17.6 Å². The van der Waals surface area contributed by atoms with Gasteiger partial charge in [-0.25, -0.2) is 0 Å². The standard InChI is InChI=1S/C15H30N2O/c1-4-5-12-6-8-13(9-7-12)17-15(18)14(16)10-11(2)3/h11-14H,4-10,16H2,1-3H3,(H,17,18). The molecule has 1 amide bonds. The van der Waals surface area contributed by atoms with Gasteiger partial charge in [-0.2, -0.15) is 0 Å². The van der Waals surface area contributed by atoms with E-state index in [0.29, 0.717) is 12.0 Å². The van der Waals surface area contributed by atoms with Gasteiger partial charge in [0.1, 0.15) is 0 Å². The fourth-order valence-electron chi connectivity index (χ4n) is 2.93. The fraction of sp³-hybridized carbons (Fsp3) is 0.933. The molecule has 1 atom stereocenters. The van der Waals surface area contributed by atoms with Gasteiger partial charge in [-0.1, -0.05) is 33.6 Å². The Bertz CT molecular complexity index is 245. The summed E-state index contributed by atoms with van der Waals surface area (Å²) in [6.07, 6.45) is 8.18. The second-order valence-corrected chi connectivity index (χ2v) is 6.25. The number of carbonyl (C=O) groups excluding carboxylic acids is 1. The predicted octanol–water partition coefficient (Wildman–Crippen LogP) is 2.83. The Balaban J connectivity index is 2.25. The third-order valence-corrected chi connectivity index (χ3v) is 3.95. The van der Waals surface area contributed by atoms with Gasteiger partial charge in [-0.3, -0.25) is 4.79 Å². The van der Waals surface area contributed by atoms with Crippen molar-refractivity contribution in [3.63, 3.8) is 0 Å². The van der Waals surface area contributed by atoms with Crippen molar-refractivity contribution in [1.82, 2.24) is 5.32 Å². The van der Waals surface area contributed by atoms with Gasteiger partial charge >= 0.3 is 0 Å². The van der Waals surface area contributed by atoms with Crippen LogP contribution in [0.4, 0.5) is 0 Å². The molecular weight excluding hydrogens is 224 g/mol. The van der Waals surface area contributed by atoms with Crippen LogP contribution in [0.1, 0.15) is 65.7 Å². The molecule has 0 aromatic carbocycles. The topological polar surface area (TPSA) is 55.1 Å². The maximum atomic E-state index is 11.9. The van der Waals surface area contributed by atoms with Crippen LogP contribution in [0, 0.1) is 11.8 Å². The zero-order chi connectivity index (χ0) is 13.5. The number of hydrogen-bond acceptors (Lipinski definition) is 2. The molecule has 1 aliphatic rings. The molecule has 0 spiro atoms. The number of amides is 1. The zero-order valence-corrected chi connectivity index (χ0v) is 12.2. The second-order valence-electron chi connectivity index (χ2n) is 6.25. The molecule has 0 radical (unpaired) electrons. The highest BCUT2D eigenvalue weighted by Crippen LogP contribution is 2.27. The molecule has 18 heavy (non-hydrogen) atoms. The lowest BCUT2D eigenvalue weighted by Crippen LogP contribution is -2.46. The first-order valence-electron chi connectivity index (χ1n) is 7.58. The Morgan fingerprint density at radius 1 is 1.28 bits per heavy atom. The van der Waals surface area contributed by atoms with E-state index in [0.717, 1.165) is 25.2 Å². The van der Waals surface area contributed by atoms with Crippen LogP contribution in [0.2, 0.25) is 0 Å². The van der Waals surface area contributed by atoms with Gasteiger partial charge in [-0.05, 0) is 43.9 Å². The zero-order valence-electron chi connectivity index (χ0n) is 12.2. The van der Waals surface area contributed by atoms with Crippen LogP contribution in [-0.4, -0.2) is 18.0 Å². The summed E-state index contributed by atoms with van der Waals surface area (Å²) < 4.78 is 0. The third kappa shape index (κ3) is 5.38. The van der Waals surface area contributed by atoms with Crippen molar-refractivity contribution in [2.75, 3.05) is 0 Å². The normalized spacial score (nSPS) is 26.1. The summed E-state index contributed by atoms with van der Waals surface area (Å²) >= 11 is 0. The van der Waals surface area contributed by atoms with Crippen molar-refractivity contribution in [3.05, 3.63) is 0 Å². The van der Waals surface area contributed by atoms with E-state index in [1.807, 2.05) is 0 Å². The maximum Gasteiger partial charge on any atom is 0.237 e. The van der Waals surface area contributed by atoms with Crippen molar-refractivity contribution in [1.29, 1.82) is 0 Å². The second kappa shape index (κ2) is 7.78. The van der Waals surface area contributed by atoms with E-state index in [1.54, 1.807) is 0 Å². The molecule has 1 aliphatic carbocycles. The molecule has 3 heteroatoms. The van der Waals surface area contributed by atoms with E-state index in [-0.39, 0.29) is 11.9 Å². The van der Waals surface area contributed by atoms with Gasteiger partial charge in [0.25, 0.3) is 0 Å². The lowest BCUT2D eigenvalue weighted by molar-refractivity contribution is -0.123. The first-order chi connectivity index (χ1) is 8.52. The first kappa shape index (κ1) is 15.5. The fourth-order valence-corrected chi connectivity index (χ4v) is 2.93. The average molecular weight is 254 g/mol. The van der Waals surface area contributed by atoms with Crippen LogP contribution in [0.3, 0.4) is 0 Å². The lowest BCUT2D eigenvalue weighted by Gasteiger charge is -2.29. The minimum Gasteiger partial charge on any atom is -0.352 e. The average Bonchev–Trinajstić information content (AvgIpc) is 2.31. The van der Waals surface area contributed by atoms with Gasteiger partial charge in [0.2, 0.25) is 5.91 Å². The molecule has 3 N–H and O–H groups in total. The molecule has 0 aliphatic heterocycles. The van der Waals surface area contributed by atoms with Crippen LogP contribution in [0.5, 0.6) is 0 Å². The highest BCUT2D eigenvalue weighted by Gasteiger charge is 2.23. The summed E-state index contributed by atoms with van der Waals surface area (Å²) in [4.78, 5) is 11.9. The van der Waals surface area contributed by atoms with Crippen molar-refractivity contribution >= 4 is 5.91 Å². The summed E-state index contributed by atoms with van der Waals surface area (Å²) in [5, 5.41) is 3.12. The van der Waals surface area contributed by atoms with Crippen LogP contribution in [0.25, 0.3) is 0 Å². The van der Waals surface area contributed by atoms with E-state index >= 15 is 0 Å². The summed E-state index contributed by atoms with van der Waals surface area (Å²) in [7, 11) is 0. The lowest BCUT2D eigenvalue weighted by atomic mass is 9.83. The van der Waals surface area contributed by atoms with E-state index < -0.39 is 0 Å². The third-order valence-electron chi connectivity index (χ3n) is 3.95. The van der Waals surface area contributed by atoms with Gasteiger partial charge in [0.15, 0.2) is 0 Å². The largest absolute Gasteiger partial charge is 0.352 e. The molecule has 0 saturated heterocycles. The SMILES string of the molecule is CCCC1CCC(NC(=O)C(N)CC(C)C)CC1. The van der Waals surface area contributed by atoms with E-state index in [4.69, 9.17) is 5.73 Å². The van der Waals surface area contributed by atoms with Gasteiger partial charge in [0, 0.05) is 6.04 Å². The van der Waals surface area contributed by atoms with E-state index in [2.05, 4.69) is 26.1 Å². The Morgan fingerprint density at radius 3 is 2.39 bits per heavy atom. The monoisotopic (exact) mass is 254 g/mol. The number of nitrogens with two attached hydrogens (primary N) is 1. The van der Waals surface area contributed by atoms with Gasteiger partial charge in [-0.15, -0.1) is 0 Å². The molecule has 0 heterocycles. The van der Waals surface area contributed by atoms with Crippen LogP contribution >= 0.6 is 0 Å². The van der Waals surface area contributed by atoms with Crippen molar-refractivity contribution in [3.8, 4) is 0 Å². The Hall–Kier alpha value is -0.570. The molecule has 0 aromatic heterocycles. The van der Waals surface area contributed by atoms with Crippen LogP contribution in [0.15, 0.2) is 0 Å². The smallest absolute Gasteiger partial charge is 0.237 e. The molecule has 106 valence electrons. The van der Waals surface area contributed by atoms with Gasteiger partial charge in [0.05, 0.1) is 6.04 Å². The first-order valence-corrected chi connectivity index (χ1v) is 7.58. The Labute approximate surface area is 112 Å². The minimum atomic E-state index is -0.335. The molecule has 0 aromatic rings. The van der Waals surface area contributed by atoms with Crippen LogP contribution in [-0.2, 0) is 4.79 Å². The van der Waals surface area contributed by atoms with Crippen LogP contribution < -0.4 is 11.1 Å². The summed E-state index contributed by atoms with van der Waals surface area (Å²) in [6, 6.07) is 0.0298. The number of nitrogens with one attached hydrogen (secondary N) is 1. The predicted molar refractivity (Wildman–Crippen MR) is 76.2 cm³/mol. The molecule has 0 bridgehead atoms. The number of hydrogen-bond donors (Lipinski definition) is 2. The Kier molecular flexibility index (Phi) is 6.69. The molecule has 3 nitrogen and oxygen atoms in total. The maximum absolute atomic E-state index is 11.9. The molecule has 1 fully saturated rings. The summed E-state index contributed by atoms with van der Waals surface area (Å²) in [5.41, 5.74) is 5.90. The number of carbonyl (C=O) groups is 1. The highest BCUT2D eigenvalue weighted by atomic mass is 16.2. The Morgan fingerprint density at radius 2 is 1.89 bits per heavy atom. The summed E-state index contributed by atoms with van der Waals surface area (Å²) in [5.74, 6) is 1.40. The summed E-state index contributed by atoms with van der Waals surface area (Å²) in [6.45, 7) is 6.45. The molecule has 1 unspecified atom stereocenters. The van der Waals surface area contributed by atoms with Gasteiger partial charge < -0.3 is 11.1 Å². The minimum absolute atomic E-state index is 0.0441. The van der Waals surface area contributed by atoms with Crippen molar-refractivity contribution in [2.45, 2.75) is 77.8 Å². The number of rotatable bonds is 6. The highest BCUT2D eigenvalue weighted by molar-refractivity contribution is 5.81. The van der Waals surface area contributed by atoms with E-state index in [1.165, 1.54) is 25.7 Å². The molecular formula is C15H30N2O. The van der Waals surface area contributed by atoms with E-state index in [9.17, 15) is 4.79 Å². The molecule has 1 rings (SSSR count). The molecule has 1 saturated carbocycles. The van der Waals surface area contributed by atoms with Crippen molar-refractivity contribution < 1.29 is 4.79 Å². The quantitative estimate of drug-likeness (QED) is 0.766.